The predicted octanol–water partition coefficient (Wildman–Crippen LogP) is 3.54. The van der Waals surface area contributed by atoms with Gasteiger partial charge in [0, 0.05) is 19.1 Å². The summed E-state index contributed by atoms with van der Waals surface area (Å²) >= 11 is 0. The van der Waals surface area contributed by atoms with Crippen LogP contribution in [-0.2, 0) is 4.79 Å². The molecule has 3 amide bonds. The second-order valence-corrected chi connectivity index (χ2v) is 7.72. The molecule has 1 aliphatic heterocycles. The number of likely N-dealkylation sites (tertiary alicyclic amines) is 1. The van der Waals surface area contributed by atoms with E-state index < -0.39 is 0 Å². The van der Waals surface area contributed by atoms with Gasteiger partial charge < -0.3 is 15.5 Å². The van der Waals surface area contributed by atoms with E-state index in [0.717, 1.165) is 44.1 Å². The molecule has 1 aromatic carbocycles. The molecule has 0 aromatic heterocycles. The van der Waals surface area contributed by atoms with Crippen molar-refractivity contribution in [3.05, 3.63) is 35.4 Å². The number of unbranched alkanes of at least 4 members (excludes halogenated alkanes) is 1. The number of nitrogens with one attached hydrogen (secondary N) is 2. The van der Waals surface area contributed by atoms with Crippen molar-refractivity contribution in [2.75, 3.05) is 13.1 Å². The van der Waals surface area contributed by atoms with Crippen molar-refractivity contribution in [3.63, 3.8) is 0 Å². The van der Waals surface area contributed by atoms with Crippen molar-refractivity contribution in [2.45, 2.75) is 64.5 Å². The largest absolute Gasteiger partial charge is 0.353 e. The van der Waals surface area contributed by atoms with Gasteiger partial charge in [0.2, 0.25) is 5.91 Å². The first-order chi connectivity index (χ1) is 12.6. The molecule has 0 bridgehead atoms. The van der Waals surface area contributed by atoms with Crippen LogP contribution in [-0.4, -0.2) is 36.0 Å². The first-order valence-corrected chi connectivity index (χ1v) is 10.00. The van der Waals surface area contributed by atoms with E-state index in [-0.39, 0.29) is 23.9 Å². The minimum atomic E-state index is -0.103. The van der Waals surface area contributed by atoms with Crippen LogP contribution in [0.1, 0.15) is 62.6 Å². The molecule has 0 spiro atoms. The first kappa shape index (κ1) is 18.7. The Balaban J connectivity index is 1.72. The second-order valence-electron chi connectivity index (χ2n) is 7.72. The predicted molar refractivity (Wildman–Crippen MR) is 103 cm³/mol. The maximum absolute atomic E-state index is 12.8. The average molecular weight is 357 g/mol. The lowest BCUT2D eigenvalue weighted by atomic mass is 9.88. The number of rotatable bonds is 6. The summed E-state index contributed by atoms with van der Waals surface area (Å²) in [6.07, 6.45) is 5.86. The van der Waals surface area contributed by atoms with Gasteiger partial charge in [-0.25, -0.2) is 4.79 Å². The summed E-state index contributed by atoms with van der Waals surface area (Å²) in [7, 11) is 0. The smallest absolute Gasteiger partial charge is 0.317 e. The summed E-state index contributed by atoms with van der Waals surface area (Å²) in [5.74, 6) is 0.00938. The molecule has 2 atom stereocenters. The third-order valence-corrected chi connectivity index (χ3v) is 5.37. The lowest BCUT2D eigenvalue weighted by molar-refractivity contribution is -0.126. The molecule has 2 N–H and O–H groups in total. The summed E-state index contributed by atoms with van der Waals surface area (Å²) < 4.78 is 0. The van der Waals surface area contributed by atoms with Crippen molar-refractivity contribution in [2.24, 2.45) is 5.92 Å². The number of piperidine rings is 1. The Morgan fingerprint density at radius 3 is 2.69 bits per heavy atom. The fraction of sp³-hybridized carbons (Fsp3) is 0.619. The van der Waals surface area contributed by atoms with Gasteiger partial charge in [-0.3, -0.25) is 4.79 Å². The van der Waals surface area contributed by atoms with Crippen molar-refractivity contribution in [1.29, 1.82) is 0 Å². The van der Waals surface area contributed by atoms with Gasteiger partial charge in [-0.2, -0.15) is 0 Å². The minimum absolute atomic E-state index is 0.0431. The lowest BCUT2D eigenvalue weighted by Crippen LogP contribution is -2.50. The number of urea groups is 1. The Labute approximate surface area is 156 Å². The van der Waals surface area contributed by atoms with Gasteiger partial charge in [-0.05, 0) is 44.6 Å². The average Bonchev–Trinajstić information content (AvgIpc) is 3.45. The molecule has 5 nitrogen and oxygen atoms in total. The molecule has 1 aliphatic carbocycles. The van der Waals surface area contributed by atoms with Crippen molar-refractivity contribution in [1.82, 2.24) is 15.5 Å². The fourth-order valence-corrected chi connectivity index (χ4v) is 3.65. The summed E-state index contributed by atoms with van der Waals surface area (Å²) in [6, 6.07) is 8.73. The summed E-state index contributed by atoms with van der Waals surface area (Å²) in [5, 5.41) is 6.14. The highest BCUT2D eigenvalue weighted by Crippen LogP contribution is 2.34. The van der Waals surface area contributed by atoms with Crippen LogP contribution < -0.4 is 10.6 Å². The van der Waals surface area contributed by atoms with E-state index in [4.69, 9.17) is 0 Å². The highest BCUT2D eigenvalue weighted by atomic mass is 16.2. The molecule has 1 saturated carbocycles. The van der Waals surface area contributed by atoms with Gasteiger partial charge in [0.1, 0.15) is 0 Å². The van der Waals surface area contributed by atoms with Crippen molar-refractivity contribution in [3.8, 4) is 0 Å². The molecule has 2 unspecified atom stereocenters. The third-order valence-electron chi connectivity index (χ3n) is 5.37. The molecule has 5 heteroatoms. The maximum atomic E-state index is 12.8. The Kier molecular flexibility index (Phi) is 6.17. The monoisotopic (exact) mass is 357 g/mol. The number of hydrogen-bond donors (Lipinski definition) is 2. The van der Waals surface area contributed by atoms with Crippen molar-refractivity contribution >= 4 is 11.9 Å². The number of nitrogens with zero attached hydrogens (tertiary/aromatic N) is 1. The van der Waals surface area contributed by atoms with E-state index in [1.807, 2.05) is 11.0 Å². The van der Waals surface area contributed by atoms with Gasteiger partial charge in [-0.1, -0.05) is 43.2 Å². The van der Waals surface area contributed by atoms with Crippen LogP contribution in [0.4, 0.5) is 4.79 Å². The van der Waals surface area contributed by atoms with E-state index in [0.29, 0.717) is 19.1 Å². The molecule has 3 rings (SSSR count). The van der Waals surface area contributed by atoms with Crippen molar-refractivity contribution < 1.29 is 9.59 Å². The number of carbonyl (C=O) groups is 2. The van der Waals surface area contributed by atoms with Gasteiger partial charge in [0.05, 0.1) is 12.0 Å². The Morgan fingerprint density at radius 2 is 2.00 bits per heavy atom. The zero-order valence-electron chi connectivity index (χ0n) is 16.0. The Morgan fingerprint density at radius 1 is 1.19 bits per heavy atom. The second kappa shape index (κ2) is 8.56. The highest BCUT2D eigenvalue weighted by Gasteiger charge is 2.37. The van der Waals surface area contributed by atoms with E-state index in [1.165, 1.54) is 5.56 Å². The van der Waals surface area contributed by atoms with E-state index >= 15 is 0 Å². The normalized spacial score (nSPS) is 22.8. The lowest BCUT2D eigenvalue weighted by Gasteiger charge is -2.39. The minimum Gasteiger partial charge on any atom is -0.353 e. The molecule has 142 valence electrons. The van der Waals surface area contributed by atoms with Gasteiger partial charge in [0.25, 0.3) is 0 Å². The van der Waals surface area contributed by atoms with Crippen LogP contribution >= 0.6 is 0 Å². The van der Waals surface area contributed by atoms with Crippen LogP contribution in [0.3, 0.4) is 0 Å². The van der Waals surface area contributed by atoms with E-state index in [9.17, 15) is 9.59 Å². The van der Waals surface area contributed by atoms with Gasteiger partial charge in [0.15, 0.2) is 0 Å². The number of carbonyl (C=O) groups excluding carboxylic acids is 2. The number of aryl methyl sites for hydroxylation is 1. The third kappa shape index (κ3) is 4.77. The molecule has 0 radical (unpaired) electrons. The van der Waals surface area contributed by atoms with Crippen LogP contribution in [0.15, 0.2) is 24.3 Å². The standard InChI is InChI=1S/C21H31N3O2/c1-3-4-12-22-21(26)24-14-17(20(25)23-18-9-10-18)8-11-19(24)16-7-5-6-15(2)13-16/h5-7,13,17-19H,3-4,8-12,14H2,1-2H3,(H,22,26)(H,23,25). The number of amides is 3. The SMILES string of the molecule is CCCCNC(=O)N1CC(C(=O)NC2CC2)CCC1c1cccc(C)c1. The van der Waals surface area contributed by atoms with E-state index in [1.54, 1.807) is 0 Å². The summed E-state index contributed by atoms with van der Waals surface area (Å²) in [5.41, 5.74) is 2.36. The summed E-state index contributed by atoms with van der Waals surface area (Å²) in [4.78, 5) is 27.2. The zero-order valence-corrected chi connectivity index (χ0v) is 16.0. The molecule has 1 heterocycles. The fourth-order valence-electron chi connectivity index (χ4n) is 3.65. The van der Waals surface area contributed by atoms with Gasteiger partial charge in [-0.15, -0.1) is 0 Å². The molecule has 2 aliphatic rings. The maximum Gasteiger partial charge on any atom is 0.317 e. The molecule has 2 fully saturated rings. The Bertz CT molecular complexity index is 642. The molecule has 26 heavy (non-hydrogen) atoms. The molecular formula is C21H31N3O2. The number of hydrogen-bond acceptors (Lipinski definition) is 2. The van der Waals surface area contributed by atoms with E-state index in [2.05, 4.69) is 42.7 Å². The zero-order chi connectivity index (χ0) is 18.5. The molecule has 1 aromatic rings. The van der Waals surface area contributed by atoms with Crippen LogP contribution in [0.2, 0.25) is 0 Å². The quantitative estimate of drug-likeness (QED) is 0.765. The Hall–Kier alpha value is -2.04. The van der Waals surface area contributed by atoms with Crippen LogP contribution in [0.25, 0.3) is 0 Å². The van der Waals surface area contributed by atoms with Gasteiger partial charge >= 0.3 is 6.03 Å². The first-order valence-electron chi connectivity index (χ1n) is 10.00. The van der Waals surface area contributed by atoms with Crippen LogP contribution in [0.5, 0.6) is 0 Å². The van der Waals surface area contributed by atoms with Crippen LogP contribution in [0, 0.1) is 12.8 Å². The topological polar surface area (TPSA) is 61.4 Å². The molecular weight excluding hydrogens is 326 g/mol. The highest BCUT2D eigenvalue weighted by molar-refractivity contribution is 5.81. The number of benzene rings is 1. The summed E-state index contributed by atoms with van der Waals surface area (Å²) in [6.45, 7) is 5.37. The molecule has 1 saturated heterocycles.